The molecular formula is C15H11FN2O2. The molecule has 0 radical (unpaired) electrons. The number of carbonyl (C=O) groups excluding carboxylic acids is 2. The number of rotatable bonds is 3. The second kappa shape index (κ2) is 4.85. The highest BCUT2D eigenvalue weighted by atomic mass is 19.1. The van der Waals surface area contributed by atoms with Gasteiger partial charge in [0, 0.05) is 18.9 Å². The molecule has 0 unspecified atom stereocenters. The third-order valence-corrected chi connectivity index (χ3v) is 3.31. The highest BCUT2D eigenvalue weighted by Gasteiger charge is 2.35. The van der Waals surface area contributed by atoms with E-state index in [0.717, 1.165) is 5.56 Å². The molecular weight excluding hydrogens is 259 g/mol. The van der Waals surface area contributed by atoms with E-state index in [0.29, 0.717) is 18.7 Å². The minimum Gasteiger partial charge on any atom is -0.304 e. The topological polar surface area (TPSA) is 50.3 Å². The summed E-state index contributed by atoms with van der Waals surface area (Å²) < 4.78 is 13.3. The Balaban J connectivity index is 1.86. The van der Waals surface area contributed by atoms with Crippen LogP contribution in [0.4, 0.5) is 10.1 Å². The molecule has 0 spiro atoms. The first-order valence-electron chi connectivity index (χ1n) is 6.21. The molecule has 1 amide bonds. The Labute approximate surface area is 114 Å². The minimum absolute atomic E-state index is 0.270. The second-order valence-corrected chi connectivity index (χ2v) is 4.55. The Kier molecular flexibility index (Phi) is 3.02. The molecule has 1 aromatic carbocycles. The first-order chi connectivity index (χ1) is 9.66. The molecule has 20 heavy (non-hydrogen) atoms. The van der Waals surface area contributed by atoms with Gasteiger partial charge in [0.05, 0.1) is 11.3 Å². The number of hydrogen-bond donors (Lipinski definition) is 0. The van der Waals surface area contributed by atoms with E-state index in [1.54, 1.807) is 12.4 Å². The number of carbonyl (C=O) groups is 2. The monoisotopic (exact) mass is 270 g/mol. The molecule has 1 aliphatic heterocycles. The molecule has 1 aromatic heterocycles. The molecule has 0 aliphatic carbocycles. The molecule has 1 aliphatic rings. The maximum Gasteiger partial charge on any atom is 0.299 e. The molecule has 2 heterocycles. The Morgan fingerprint density at radius 3 is 2.60 bits per heavy atom. The van der Waals surface area contributed by atoms with Gasteiger partial charge in [-0.05, 0) is 42.3 Å². The van der Waals surface area contributed by atoms with Crippen LogP contribution in [-0.4, -0.2) is 23.2 Å². The first kappa shape index (κ1) is 12.5. The summed E-state index contributed by atoms with van der Waals surface area (Å²) in [5.74, 6) is -1.63. The van der Waals surface area contributed by atoms with E-state index in [9.17, 15) is 14.0 Å². The summed E-state index contributed by atoms with van der Waals surface area (Å²) in [6.45, 7) is 0.338. The average Bonchev–Trinajstić information content (AvgIpc) is 2.70. The van der Waals surface area contributed by atoms with Crippen molar-refractivity contribution in [1.82, 2.24) is 4.98 Å². The fraction of sp³-hybridized carbons (Fsp3) is 0.133. The zero-order valence-electron chi connectivity index (χ0n) is 10.5. The lowest BCUT2D eigenvalue weighted by atomic mass is 10.1. The van der Waals surface area contributed by atoms with Crippen molar-refractivity contribution in [3.05, 3.63) is 59.7 Å². The number of halogens is 1. The maximum absolute atomic E-state index is 13.3. The van der Waals surface area contributed by atoms with E-state index < -0.39 is 17.5 Å². The SMILES string of the molecule is O=C1C(=O)N(CCc2ccncc2)c2cc(F)ccc21. The van der Waals surface area contributed by atoms with Crippen molar-refractivity contribution in [2.24, 2.45) is 0 Å². The Bertz CT molecular complexity index is 686. The van der Waals surface area contributed by atoms with Gasteiger partial charge in [0.25, 0.3) is 11.7 Å². The fourth-order valence-electron chi connectivity index (χ4n) is 2.28. The quantitative estimate of drug-likeness (QED) is 0.801. The molecule has 0 saturated carbocycles. The van der Waals surface area contributed by atoms with E-state index in [2.05, 4.69) is 4.98 Å². The number of anilines is 1. The minimum atomic E-state index is -0.598. The zero-order chi connectivity index (χ0) is 14.1. The van der Waals surface area contributed by atoms with Gasteiger partial charge >= 0.3 is 0 Å². The molecule has 0 atom stereocenters. The highest BCUT2D eigenvalue weighted by Crippen LogP contribution is 2.29. The lowest BCUT2D eigenvalue weighted by molar-refractivity contribution is -0.114. The number of fused-ring (bicyclic) bond motifs is 1. The van der Waals surface area contributed by atoms with Gasteiger partial charge in [0.2, 0.25) is 0 Å². The van der Waals surface area contributed by atoms with E-state index in [4.69, 9.17) is 0 Å². The van der Waals surface area contributed by atoms with Gasteiger partial charge in [-0.1, -0.05) is 0 Å². The number of ketones is 1. The van der Waals surface area contributed by atoms with E-state index in [1.807, 2.05) is 12.1 Å². The number of Topliss-reactive ketones (excluding diaryl/α,β-unsaturated/α-hetero) is 1. The fourth-order valence-corrected chi connectivity index (χ4v) is 2.28. The lowest BCUT2D eigenvalue weighted by Gasteiger charge is -2.16. The summed E-state index contributed by atoms with van der Waals surface area (Å²) in [5, 5.41) is 0. The number of hydrogen-bond acceptors (Lipinski definition) is 3. The second-order valence-electron chi connectivity index (χ2n) is 4.55. The molecule has 100 valence electrons. The first-order valence-corrected chi connectivity index (χ1v) is 6.21. The van der Waals surface area contributed by atoms with Crippen molar-refractivity contribution < 1.29 is 14.0 Å². The molecule has 3 rings (SSSR count). The molecule has 5 heteroatoms. The van der Waals surface area contributed by atoms with Crippen LogP contribution in [-0.2, 0) is 11.2 Å². The number of aromatic nitrogens is 1. The average molecular weight is 270 g/mol. The number of nitrogens with zero attached hydrogens (tertiary/aromatic N) is 2. The lowest BCUT2D eigenvalue weighted by Crippen LogP contribution is -2.31. The van der Waals surface area contributed by atoms with Crippen molar-refractivity contribution in [1.29, 1.82) is 0 Å². The number of benzene rings is 1. The third kappa shape index (κ3) is 2.07. The zero-order valence-corrected chi connectivity index (χ0v) is 10.5. The van der Waals surface area contributed by atoms with Gasteiger partial charge in [-0.3, -0.25) is 14.6 Å². The van der Waals surface area contributed by atoms with Crippen molar-refractivity contribution in [3.8, 4) is 0 Å². The van der Waals surface area contributed by atoms with Crippen LogP contribution in [0.15, 0.2) is 42.7 Å². The van der Waals surface area contributed by atoms with Crippen LogP contribution in [0.2, 0.25) is 0 Å². The van der Waals surface area contributed by atoms with Crippen LogP contribution < -0.4 is 4.90 Å². The largest absolute Gasteiger partial charge is 0.304 e. The van der Waals surface area contributed by atoms with E-state index in [1.165, 1.54) is 23.1 Å². The van der Waals surface area contributed by atoms with Crippen LogP contribution in [0.1, 0.15) is 15.9 Å². The van der Waals surface area contributed by atoms with Crippen LogP contribution >= 0.6 is 0 Å². The van der Waals surface area contributed by atoms with Crippen LogP contribution in [0.5, 0.6) is 0 Å². The summed E-state index contributed by atoms with van der Waals surface area (Å²) in [5.41, 5.74) is 1.63. The Morgan fingerprint density at radius 2 is 1.85 bits per heavy atom. The summed E-state index contributed by atoms with van der Waals surface area (Å²) in [6.07, 6.45) is 3.91. The van der Waals surface area contributed by atoms with E-state index >= 15 is 0 Å². The van der Waals surface area contributed by atoms with E-state index in [-0.39, 0.29) is 5.56 Å². The van der Waals surface area contributed by atoms with Gasteiger partial charge in [-0.25, -0.2) is 4.39 Å². The molecule has 0 N–H and O–H groups in total. The smallest absolute Gasteiger partial charge is 0.299 e. The van der Waals surface area contributed by atoms with Crippen molar-refractivity contribution in [2.45, 2.75) is 6.42 Å². The van der Waals surface area contributed by atoms with Gasteiger partial charge in [-0.15, -0.1) is 0 Å². The molecule has 0 saturated heterocycles. The van der Waals surface area contributed by atoms with Crippen LogP contribution in [0.3, 0.4) is 0 Å². The summed E-state index contributed by atoms with van der Waals surface area (Å²) in [4.78, 5) is 29.0. The number of pyridine rings is 1. The van der Waals surface area contributed by atoms with Gasteiger partial charge < -0.3 is 4.90 Å². The maximum atomic E-state index is 13.3. The van der Waals surface area contributed by atoms with Crippen molar-refractivity contribution in [2.75, 3.05) is 11.4 Å². The highest BCUT2D eigenvalue weighted by molar-refractivity contribution is 6.52. The van der Waals surface area contributed by atoms with Crippen LogP contribution in [0, 0.1) is 5.82 Å². The summed E-state index contributed by atoms with van der Waals surface area (Å²) in [6, 6.07) is 7.46. The predicted octanol–water partition coefficient (Wildman–Crippen LogP) is 1.99. The predicted molar refractivity (Wildman–Crippen MR) is 71.0 cm³/mol. The Morgan fingerprint density at radius 1 is 1.10 bits per heavy atom. The van der Waals surface area contributed by atoms with Crippen molar-refractivity contribution in [3.63, 3.8) is 0 Å². The summed E-state index contributed by atoms with van der Waals surface area (Å²) in [7, 11) is 0. The molecule has 0 fully saturated rings. The number of amides is 1. The summed E-state index contributed by atoms with van der Waals surface area (Å²) >= 11 is 0. The van der Waals surface area contributed by atoms with Crippen LogP contribution in [0.25, 0.3) is 0 Å². The Hall–Kier alpha value is -2.56. The van der Waals surface area contributed by atoms with Gasteiger partial charge in [0.15, 0.2) is 0 Å². The normalized spacial score (nSPS) is 13.8. The standard InChI is InChI=1S/C15H11FN2O2/c16-11-1-2-12-13(9-11)18(15(20)14(12)19)8-5-10-3-6-17-7-4-10/h1-4,6-7,9H,5,8H2. The van der Waals surface area contributed by atoms with Crippen molar-refractivity contribution >= 4 is 17.4 Å². The molecule has 4 nitrogen and oxygen atoms in total. The van der Waals surface area contributed by atoms with Gasteiger partial charge in [-0.2, -0.15) is 0 Å². The van der Waals surface area contributed by atoms with Gasteiger partial charge in [0.1, 0.15) is 5.82 Å². The molecule has 2 aromatic rings. The third-order valence-electron chi connectivity index (χ3n) is 3.31. The molecule has 0 bridgehead atoms.